The monoisotopic (exact) mass is 477 g/mol. The third-order valence-electron chi connectivity index (χ3n) is 6.51. The molecule has 7 nitrogen and oxygen atoms in total. The average molecular weight is 478 g/mol. The molecule has 0 spiro atoms. The Kier molecular flexibility index (Phi) is 6.87. The number of esters is 1. The first kappa shape index (κ1) is 24.4. The summed E-state index contributed by atoms with van der Waals surface area (Å²) in [4.78, 5) is 26.9. The molecule has 4 rings (SSSR count). The van der Waals surface area contributed by atoms with E-state index in [1.54, 1.807) is 33.1 Å². The fourth-order valence-electron chi connectivity index (χ4n) is 4.91. The molecular formula is C28H31NO6. The van der Waals surface area contributed by atoms with Gasteiger partial charge >= 0.3 is 5.97 Å². The van der Waals surface area contributed by atoms with Gasteiger partial charge in [-0.05, 0) is 68.5 Å². The Morgan fingerprint density at radius 2 is 1.71 bits per heavy atom. The van der Waals surface area contributed by atoms with E-state index in [1.807, 2.05) is 31.2 Å². The summed E-state index contributed by atoms with van der Waals surface area (Å²) in [5.74, 6) is -0.0988. The smallest absolute Gasteiger partial charge is 0.337 e. The predicted octanol–water partition coefficient (Wildman–Crippen LogP) is 4.72. The molecule has 184 valence electrons. The molecule has 7 heteroatoms. The van der Waals surface area contributed by atoms with Gasteiger partial charge in [-0.25, -0.2) is 4.79 Å². The van der Waals surface area contributed by atoms with Crippen molar-refractivity contribution in [1.29, 1.82) is 0 Å². The maximum Gasteiger partial charge on any atom is 0.337 e. The van der Waals surface area contributed by atoms with Crippen molar-refractivity contribution in [2.24, 2.45) is 0 Å². The number of methoxy groups -OCH3 is 2. The van der Waals surface area contributed by atoms with Crippen LogP contribution in [-0.2, 0) is 14.3 Å². The second-order valence-corrected chi connectivity index (χ2v) is 9.18. The van der Waals surface area contributed by atoms with Gasteiger partial charge in [-0.3, -0.25) is 4.79 Å². The van der Waals surface area contributed by atoms with E-state index in [9.17, 15) is 14.7 Å². The molecule has 0 unspecified atom stereocenters. The zero-order valence-electron chi connectivity index (χ0n) is 20.7. The van der Waals surface area contributed by atoms with E-state index in [1.165, 1.54) is 13.2 Å². The number of ether oxygens (including phenoxy) is 3. The van der Waals surface area contributed by atoms with Gasteiger partial charge in [0.2, 0.25) is 0 Å². The Morgan fingerprint density at radius 1 is 1.03 bits per heavy atom. The van der Waals surface area contributed by atoms with Crippen LogP contribution in [0.3, 0.4) is 0 Å². The number of benzene rings is 2. The Hall–Kier alpha value is -3.74. The van der Waals surface area contributed by atoms with Crippen LogP contribution in [0.2, 0.25) is 0 Å². The highest BCUT2D eigenvalue weighted by molar-refractivity contribution is 6.04. The first-order valence-corrected chi connectivity index (χ1v) is 11.7. The minimum absolute atomic E-state index is 0.00613. The summed E-state index contributed by atoms with van der Waals surface area (Å²) in [6.45, 7) is 5.41. The molecule has 35 heavy (non-hydrogen) atoms. The molecule has 2 N–H and O–H groups in total. The number of ketones is 1. The van der Waals surface area contributed by atoms with Gasteiger partial charge in [0.1, 0.15) is 5.75 Å². The van der Waals surface area contributed by atoms with Gasteiger partial charge in [0.15, 0.2) is 17.3 Å². The number of hydrogen-bond acceptors (Lipinski definition) is 7. The van der Waals surface area contributed by atoms with Crippen LogP contribution < -0.4 is 14.8 Å². The standard InChI is InChI=1S/C28H31NO6/c1-15(2)35-28(32)25-16(3)29-21-12-19(17-6-9-20(33-4)10-7-17)13-23(31)27(21)26(25)18-8-11-22(30)24(14-18)34-5/h6-11,14-15,19,26,29-30H,12-13H2,1-5H3/t19-,26+/m0/s1. The summed E-state index contributed by atoms with van der Waals surface area (Å²) < 4.78 is 16.1. The van der Waals surface area contributed by atoms with Gasteiger partial charge in [0.25, 0.3) is 0 Å². The zero-order valence-corrected chi connectivity index (χ0v) is 20.7. The maximum atomic E-state index is 13.7. The van der Waals surface area contributed by atoms with Crippen LogP contribution in [0, 0.1) is 0 Å². The predicted molar refractivity (Wildman–Crippen MR) is 131 cm³/mol. The summed E-state index contributed by atoms with van der Waals surface area (Å²) in [5.41, 5.74) is 4.14. The average Bonchev–Trinajstić information content (AvgIpc) is 2.83. The molecule has 0 bridgehead atoms. The first-order valence-electron chi connectivity index (χ1n) is 11.7. The van der Waals surface area contributed by atoms with Gasteiger partial charge in [-0.1, -0.05) is 18.2 Å². The Balaban J connectivity index is 1.79. The number of nitrogens with one attached hydrogen (secondary N) is 1. The van der Waals surface area contributed by atoms with Crippen molar-refractivity contribution in [3.8, 4) is 17.2 Å². The number of carbonyl (C=O) groups is 2. The number of Topliss-reactive ketones (excluding diaryl/α,β-unsaturated/α-hetero) is 1. The van der Waals surface area contributed by atoms with E-state index >= 15 is 0 Å². The number of phenolic OH excluding ortho intramolecular Hbond substituents is 1. The van der Waals surface area contributed by atoms with Gasteiger partial charge in [-0.15, -0.1) is 0 Å². The van der Waals surface area contributed by atoms with Crippen molar-refractivity contribution in [2.45, 2.75) is 51.6 Å². The second kappa shape index (κ2) is 9.86. The molecule has 0 fully saturated rings. The van der Waals surface area contributed by atoms with Gasteiger partial charge < -0.3 is 24.6 Å². The summed E-state index contributed by atoms with van der Waals surface area (Å²) in [5, 5.41) is 13.5. The van der Waals surface area contributed by atoms with Crippen molar-refractivity contribution in [2.75, 3.05) is 14.2 Å². The molecule has 0 amide bonds. The van der Waals surface area contributed by atoms with E-state index in [0.717, 1.165) is 17.0 Å². The van der Waals surface area contributed by atoms with Crippen molar-refractivity contribution >= 4 is 11.8 Å². The molecule has 0 saturated heterocycles. The van der Waals surface area contributed by atoms with Crippen LogP contribution in [0.15, 0.2) is 65.0 Å². The van der Waals surface area contributed by atoms with E-state index in [4.69, 9.17) is 14.2 Å². The summed E-state index contributed by atoms with van der Waals surface area (Å²) in [7, 11) is 3.09. The molecular weight excluding hydrogens is 446 g/mol. The number of rotatable bonds is 6. The van der Waals surface area contributed by atoms with Crippen molar-refractivity contribution in [3.63, 3.8) is 0 Å². The minimum atomic E-state index is -0.628. The molecule has 1 heterocycles. The quantitative estimate of drug-likeness (QED) is 0.581. The molecule has 2 aromatic rings. The number of dihydropyridines is 1. The fraction of sp³-hybridized carbons (Fsp3) is 0.357. The van der Waals surface area contributed by atoms with Crippen molar-refractivity contribution in [3.05, 3.63) is 76.1 Å². The topological polar surface area (TPSA) is 94.1 Å². The number of hydrogen-bond donors (Lipinski definition) is 2. The number of allylic oxidation sites excluding steroid dienone is 3. The fourth-order valence-corrected chi connectivity index (χ4v) is 4.91. The van der Waals surface area contributed by atoms with Crippen molar-refractivity contribution < 1.29 is 28.9 Å². The molecule has 2 aromatic carbocycles. The lowest BCUT2D eigenvalue weighted by Gasteiger charge is -2.37. The molecule has 1 aliphatic heterocycles. The number of carbonyl (C=O) groups excluding carboxylic acids is 2. The number of phenols is 1. The molecule has 1 aliphatic carbocycles. The van der Waals surface area contributed by atoms with Gasteiger partial charge in [-0.2, -0.15) is 0 Å². The highest BCUT2D eigenvalue weighted by Gasteiger charge is 2.41. The van der Waals surface area contributed by atoms with Crippen LogP contribution in [0.5, 0.6) is 17.2 Å². The minimum Gasteiger partial charge on any atom is -0.504 e. The Labute approximate surface area is 205 Å². The van der Waals surface area contributed by atoms with Crippen molar-refractivity contribution in [1.82, 2.24) is 5.32 Å². The second-order valence-electron chi connectivity index (χ2n) is 9.18. The largest absolute Gasteiger partial charge is 0.504 e. The lowest BCUT2D eigenvalue weighted by atomic mass is 9.71. The summed E-state index contributed by atoms with van der Waals surface area (Å²) in [6, 6.07) is 12.7. The van der Waals surface area contributed by atoms with Crippen LogP contribution in [0.4, 0.5) is 0 Å². The van der Waals surface area contributed by atoms with Crippen LogP contribution >= 0.6 is 0 Å². The van der Waals surface area contributed by atoms with Gasteiger partial charge in [0, 0.05) is 29.3 Å². The Morgan fingerprint density at radius 3 is 2.34 bits per heavy atom. The lowest BCUT2D eigenvalue weighted by Crippen LogP contribution is -2.36. The van der Waals surface area contributed by atoms with Gasteiger partial charge in [0.05, 0.1) is 25.9 Å². The lowest BCUT2D eigenvalue weighted by molar-refractivity contribution is -0.143. The van der Waals surface area contributed by atoms with E-state index in [2.05, 4.69) is 5.32 Å². The molecule has 2 aliphatic rings. The third-order valence-corrected chi connectivity index (χ3v) is 6.51. The zero-order chi connectivity index (χ0) is 25.3. The highest BCUT2D eigenvalue weighted by atomic mass is 16.5. The summed E-state index contributed by atoms with van der Waals surface area (Å²) >= 11 is 0. The molecule has 0 radical (unpaired) electrons. The Bertz CT molecular complexity index is 1210. The third kappa shape index (κ3) is 4.76. The van der Waals surface area contributed by atoms with E-state index < -0.39 is 11.9 Å². The first-order chi connectivity index (χ1) is 16.7. The molecule has 2 atom stereocenters. The van der Waals surface area contributed by atoms with E-state index in [0.29, 0.717) is 35.2 Å². The highest BCUT2D eigenvalue weighted by Crippen LogP contribution is 2.47. The summed E-state index contributed by atoms with van der Waals surface area (Å²) in [6.07, 6.45) is 0.641. The normalized spacial score (nSPS) is 19.9. The van der Waals surface area contributed by atoms with Crippen LogP contribution in [-0.4, -0.2) is 37.2 Å². The van der Waals surface area contributed by atoms with Crippen LogP contribution in [0.25, 0.3) is 0 Å². The number of aromatic hydroxyl groups is 1. The maximum absolute atomic E-state index is 13.7. The van der Waals surface area contributed by atoms with Crippen LogP contribution in [0.1, 0.15) is 56.6 Å². The SMILES string of the molecule is COc1ccc([C@@H]2CC(=O)C3=C(C2)NC(C)=C(C(=O)OC(C)C)[C@H]3c2ccc(O)c(OC)c2)cc1. The molecule has 0 saturated carbocycles. The van der Waals surface area contributed by atoms with E-state index in [-0.39, 0.29) is 29.3 Å². The molecule has 0 aromatic heterocycles.